The van der Waals surface area contributed by atoms with E-state index in [1.54, 1.807) is 12.1 Å². The van der Waals surface area contributed by atoms with Crippen LogP contribution in [0.25, 0.3) is 6.08 Å². The third-order valence-corrected chi connectivity index (χ3v) is 3.20. The quantitative estimate of drug-likeness (QED) is 0.667. The van der Waals surface area contributed by atoms with E-state index in [0.717, 1.165) is 5.56 Å². The van der Waals surface area contributed by atoms with Gasteiger partial charge in [0.1, 0.15) is 17.4 Å². The van der Waals surface area contributed by atoms with Gasteiger partial charge in [0, 0.05) is 16.3 Å². The fourth-order valence-corrected chi connectivity index (χ4v) is 1.96. The molecule has 2 rings (SSSR count). The standard InChI is InChI=1S/C17H13ClN2O2/c1-11-2-5-15(6-3-11)20-17(22)13(10-19)8-12-9-14(18)4-7-16(12)21/h2-9,21H,1H3,(H,20,22)/b13-8+. The minimum absolute atomic E-state index is 0.0553. The second-order valence-corrected chi connectivity index (χ2v) is 5.13. The Hall–Kier alpha value is -2.77. The average Bonchev–Trinajstić information content (AvgIpc) is 2.50. The summed E-state index contributed by atoms with van der Waals surface area (Å²) in [6.45, 7) is 1.94. The number of halogens is 1. The fourth-order valence-electron chi connectivity index (χ4n) is 1.78. The molecule has 110 valence electrons. The summed E-state index contributed by atoms with van der Waals surface area (Å²) in [6, 6.07) is 13.4. The molecule has 0 aromatic heterocycles. The van der Waals surface area contributed by atoms with Crippen LogP contribution < -0.4 is 5.32 Å². The Kier molecular flexibility index (Phi) is 4.82. The van der Waals surface area contributed by atoms with Crippen LogP contribution in [0.1, 0.15) is 11.1 Å². The van der Waals surface area contributed by atoms with Gasteiger partial charge in [-0.1, -0.05) is 29.3 Å². The highest BCUT2D eigenvalue weighted by atomic mass is 35.5. The predicted molar refractivity (Wildman–Crippen MR) is 86.5 cm³/mol. The van der Waals surface area contributed by atoms with Gasteiger partial charge in [0.15, 0.2) is 0 Å². The Morgan fingerprint density at radius 1 is 1.27 bits per heavy atom. The number of benzene rings is 2. The van der Waals surface area contributed by atoms with Crippen molar-refractivity contribution in [2.24, 2.45) is 0 Å². The topological polar surface area (TPSA) is 73.1 Å². The van der Waals surface area contributed by atoms with Gasteiger partial charge in [-0.3, -0.25) is 4.79 Å². The maximum Gasteiger partial charge on any atom is 0.266 e. The first-order valence-corrected chi connectivity index (χ1v) is 6.86. The third-order valence-electron chi connectivity index (χ3n) is 2.96. The summed E-state index contributed by atoms with van der Waals surface area (Å²) < 4.78 is 0. The van der Waals surface area contributed by atoms with Crippen LogP contribution in [-0.4, -0.2) is 11.0 Å². The number of carbonyl (C=O) groups is 1. The zero-order valence-corrected chi connectivity index (χ0v) is 12.6. The lowest BCUT2D eigenvalue weighted by Gasteiger charge is -2.05. The molecule has 0 spiro atoms. The summed E-state index contributed by atoms with van der Waals surface area (Å²) in [5.41, 5.74) is 1.84. The van der Waals surface area contributed by atoms with Crippen LogP contribution in [0.4, 0.5) is 5.69 Å². The number of nitriles is 1. The molecule has 0 bridgehead atoms. The lowest BCUT2D eigenvalue weighted by Crippen LogP contribution is -2.13. The van der Waals surface area contributed by atoms with E-state index in [2.05, 4.69) is 5.32 Å². The molecule has 0 atom stereocenters. The normalized spacial score (nSPS) is 10.9. The van der Waals surface area contributed by atoms with Crippen LogP contribution in [0.3, 0.4) is 0 Å². The van der Waals surface area contributed by atoms with Crippen molar-refractivity contribution in [1.82, 2.24) is 0 Å². The van der Waals surface area contributed by atoms with Crippen LogP contribution >= 0.6 is 11.6 Å². The zero-order chi connectivity index (χ0) is 16.1. The molecule has 0 saturated heterocycles. The third kappa shape index (κ3) is 3.87. The Balaban J connectivity index is 2.25. The van der Waals surface area contributed by atoms with E-state index in [1.807, 2.05) is 25.1 Å². The molecule has 0 radical (unpaired) electrons. The van der Waals surface area contributed by atoms with Crippen LogP contribution in [-0.2, 0) is 4.79 Å². The molecule has 2 N–H and O–H groups in total. The first-order chi connectivity index (χ1) is 10.5. The van der Waals surface area contributed by atoms with E-state index in [0.29, 0.717) is 16.3 Å². The Morgan fingerprint density at radius 2 is 1.95 bits per heavy atom. The molecule has 22 heavy (non-hydrogen) atoms. The summed E-state index contributed by atoms with van der Waals surface area (Å²) >= 11 is 5.84. The zero-order valence-electron chi connectivity index (χ0n) is 11.8. The highest BCUT2D eigenvalue weighted by molar-refractivity contribution is 6.30. The molecule has 0 heterocycles. The number of phenols is 1. The van der Waals surface area contributed by atoms with Crippen molar-refractivity contribution in [3.05, 3.63) is 64.2 Å². The second-order valence-electron chi connectivity index (χ2n) is 4.69. The van der Waals surface area contributed by atoms with Crippen LogP contribution in [0.5, 0.6) is 5.75 Å². The molecule has 4 nitrogen and oxygen atoms in total. The van der Waals surface area contributed by atoms with E-state index in [4.69, 9.17) is 16.9 Å². The molecule has 0 unspecified atom stereocenters. The van der Waals surface area contributed by atoms with Gasteiger partial charge in [-0.05, 0) is 43.3 Å². The molecule has 2 aromatic rings. The monoisotopic (exact) mass is 312 g/mol. The molecule has 0 saturated carbocycles. The molecule has 5 heteroatoms. The van der Waals surface area contributed by atoms with Crippen molar-refractivity contribution in [3.63, 3.8) is 0 Å². The summed E-state index contributed by atoms with van der Waals surface area (Å²) in [7, 11) is 0. The van der Waals surface area contributed by atoms with Gasteiger partial charge in [-0.15, -0.1) is 0 Å². The molecule has 1 amide bonds. The predicted octanol–water partition coefficient (Wildman–Crippen LogP) is 3.90. The number of hydrogen-bond donors (Lipinski definition) is 2. The number of hydrogen-bond acceptors (Lipinski definition) is 3. The number of nitrogens with zero attached hydrogens (tertiary/aromatic N) is 1. The lowest BCUT2D eigenvalue weighted by atomic mass is 10.1. The highest BCUT2D eigenvalue weighted by Gasteiger charge is 2.11. The minimum Gasteiger partial charge on any atom is -0.507 e. The molecule has 0 fully saturated rings. The van der Waals surface area contributed by atoms with Gasteiger partial charge in [-0.2, -0.15) is 5.26 Å². The van der Waals surface area contributed by atoms with Crippen molar-refractivity contribution in [3.8, 4) is 11.8 Å². The fraction of sp³-hybridized carbons (Fsp3) is 0.0588. The van der Waals surface area contributed by atoms with Crippen molar-refractivity contribution in [1.29, 1.82) is 5.26 Å². The van der Waals surface area contributed by atoms with Crippen molar-refractivity contribution < 1.29 is 9.90 Å². The van der Waals surface area contributed by atoms with Gasteiger partial charge in [-0.25, -0.2) is 0 Å². The van der Waals surface area contributed by atoms with Gasteiger partial charge < -0.3 is 10.4 Å². The van der Waals surface area contributed by atoms with Crippen LogP contribution in [0.15, 0.2) is 48.0 Å². The molecular formula is C17H13ClN2O2. The number of aromatic hydroxyl groups is 1. The van der Waals surface area contributed by atoms with Gasteiger partial charge >= 0.3 is 0 Å². The molecule has 2 aromatic carbocycles. The number of amides is 1. The van der Waals surface area contributed by atoms with Crippen molar-refractivity contribution >= 4 is 29.3 Å². The molecular weight excluding hydrogens is 300 g/mol. The van der Waals surface area contributed by atoms with E-state index in [-0.39, 0.29) is 11.3 Å². The number of phenolic OH excluding ortho intramolecular Hbond substituents is 1. The largest absolute Gasteiger partial charge is 0.507 e. The molecule has 0 aliphatic heterocycles. The van der Waals surface area contributed by atoms with E-state index >= 15 is 0 Å². The summed E-state index contributed by atoms with van der Waals surface area (Å²) in [4.78, 5) is 12.1. The van der Waals surface area contributed by atoms with Crippen LogP contribution in [0, 0.1) is 18.3 Å². The number of aryl methyl sites for hydroxylation is 1. The van der Waals surface area contributed by atoms with E-state index in [9.17, 15) is 9.90 Å². The van der Waals surface area contributed by atoms with Crippen molar-refractivity contribution in [2.45, 2.75) is 6.92 Å². The minimum atomic E-state index is -0.550. The smallest absolute Gasteiger partial charge is 0.266 e. The first-order valence-electron chi connectivity index (χ1n) is 6.48. The van der Waals surface area contributed by atoms with Crippen molar-refractivity contribution in [2.75, 3.05) is 5.32 Å². The summed E-state index contributed by atoms with van der Waals surface area (Å²) in [5.74, 6) is -0.606. The number of nitrogens with one attached hydrogen (secondary N) is 1. The Morgan fingerprint density at radius 3 is 2.59 bits per heavy atom. The first kappa shape index (κ1) is 15.6. The SMILES string of the molecule is Cc1ccc(NC(=O)/C(C#N)=C/c2cc(Cl)ccc2O)cc1. The second kappa shape index (κ2) is 6.79. The lowest BCUT2D eigenvalue weighted by molar-refractivity contribution is -0.112. The maximum atomic E-state index is 12.1. The number of rotatable bonds is 3. The average molecular weight is 313 g/mol. The Labute approximate surface area is 133 Å². The van der Waals surface area contributed by atoms with Gasteiger partial charge in [0.2, 0.25) is 0 Å². The molecule has 0 aliphatic carbocycles. The van der Waals surface area contributed by atoms with Gasteiger partial charge in [0.25, 0.3) is 5.91 Å². The van der Waals surface area contributed by atoms with Gasteiger partial charge in [0.05, 0.1) is 0 Å². The summed E-state index contributed by atoms with van der Waals surface area (Å²) in [6.07, 6.45) is 1.30. The maximum absolute atomic E-state index is 12.1. The Bertz CT molecular complexity index is 774. The molecule has 0 aliphatic rings. The van der Waals surface area contributed by atoms with E-state index < -0.39 is 5.91 Å². The highest BCUT2D eigenvalue weighted by Crippen LogP contribution is 2.24. The summed E-state index contributed by atoms with van der Waals surface area (Å²) in [5, 5.41) is 21.9. The number of carbonyl (C=O) groups excluding carboxylic acids is 1. The number of anilines is 1. The van der Waals surface area contributed by atoms with E-state index in [1.165, 1.54) is 24.3 Å². The van der Waals surface area contributed by atoms with Crippen LogP contribution in [0.2, 0.25) is 5.02 Å².